The Labute approximate surface area is 252 Å². The maximum atomic E-state index is 5.31. The molecule has 200 valence electrons. The molecule has 9 rings (SSSR count). The minimum atomic E-state index is 0.895. The fourth-order valence-electron chi connectivity index (χ4n) is 6.39. The van der Waals surface area contributed by atoms with Crippen LogP contribution in [0.5, 0.6) is 0 Å². The molecule has 2 nitrogen and oxygen atoms in total. The maximum Gasteiger partial charge on any atom is 0.0973 e. The molecule has 0 aliphatic heterocycles. The summed E-state index contributed by atoms with van der Waals surface area (Å²) in [5, 5.41) is 7.51. The van der Waals surface area contributed by atoms with Gasteiger partial charge >= 0.3 is 0 Å². The Bertz CT molecular complexity index is 2490. The fraction of sp³-hybridized carbons (Fsp3) is 0. The lowest BCUT2D eigenvalue weighted by molar-refractivity contribution is 1.30. The lowest BCUT2D eigenvalue weighted by Gasteiger charge is -2.13. The highest BCUT2D eigenvalue weighted by molar-refractivity contribution is 7.26. The highest BCUT2D eigenvalue weighted by Crippen LogP contribution is 2.42. The predicted octanol–water partition coefficient (Wildman–Crippen LogP) is 11.3. The third-order valence-electron chi connectivity index (χ3n) is 8.46. The quantitative estimate of drug-likeness (QED) is 0.199. The third kappa shape index (κ3) is 3.86. The highest BCUT2D eigenvalue weighted by atomic mass is 32.1. The van der Waals surface area contributed by atoms with Crippen molar-refractivity contribution in [2.75, 3.05) is 0 Å². The second-order valence-corrected chi connectivity index (χ2v) is 12.0. The summed E-state index contributed by atoms with van der Waals surface area (Å²) in [5.41, 5.74) is 8.18. The lowest BCUT2D eigenvalue weighted by Crippen LogP contribution is -1.96. The van der Waals surface area contributed by atoms with E-state index in [1.54, 1.807) is 0 Å². The van der Waals surface area contributed by atoms with Gasteiger partial charge in [0.1, 0.15) is 0 Å². The number of hydrogen-bond donors (Lipinski definition) is 0. The highest BCUT2D eigenvalue weighted by Gasteiger charge is 2.16. The minimum absolute atomic E-state index is 0.895. The van der Waals surface area contributed by atoms with Gasteiger partial charge in [0.15, 0.2) is 0 Å². The van der Waals surface area contributed by atoms with E-state index in [2.05, 4.69) is 140 Å². The lowest BCUT2D eigenvalue weighted by atomic mass is 9.95. The third-order valence-corrected chi connectivity index (χ3v) is 9.67. The monoisotopic (exact) mass is 564 g/mol. The molecule has 7 aromatic carbocycles. The van der Waals surface area contributed by atoms with Crippen molar-refractivity contribution in [3.05, 3.63) is 146 Å². The number of thiophene rings is 1. The van der Waals surface area contributed by atoms with Crippen molar-refractivity contribution in [1.82, 2.24) is 9.97 Å². The van der Waals surface area contributed by atoms with Gasteiger partial charge in [0.25, 0.3) is 0 Å². The number of rotatable bonds is 3. The second-order valence-electron chi connectivity index (χ2n) is 11.0. The number of nitrogens with zero attached hydrogens (tertiary/aromatic N) is 2. The molecule has 2 heterocycles. The van der Waals surface area contributed by atoms with Crippen LogP contribution in [0.25, 0.3) is 86.4 Å². The second kappa shape index (κ2) is 9.59. The van der Waals surface area contributed by atoms with Gasteiger partial charge in [-0.3, -0.25) is 0 Å². The first-order valence-electron chi connectivity index (χ1n) is 14.5. The van der Waals surface area contributed by atoms with Crippen LogP contribution >= 0.6 is 11.3 Å². The number of fused-ring (bicyclic) bond motifs is 8. The molecular formula is C40H24N2S. The van der Waals surface area contributed by atoms with Gasteiger partial charge in [0.05, 0.1) is 22.4 Å². The van der Waals surface area contributed by atoms with Gasteiger partial charge in [-0.2, -0.15) is 0 Å². The largest absolute Gasteiger partial charge is 0.244 e. The molecule has 0 spiro atoms. The van der Waals surface area contributed by atoms with E-state index in [4.69, 9.17) is 9.97 Å². The molecule has 0 unspecified atom stereocenters. The van der Waals surface area contributed by atoms with Crippen LogP contribution in [0.15, 0.2) is 146 Å². The van der Waals surface area contributed by atoms with E-state index in [0.29, 0.717) is 0 Å². The van der Waals surface area contributed by atoms with Crippen molar-refractivity contribution >= 4 is 64.1 Å². The molecule has 0 aliphatic carbocycles. The molecule has 0 fully saturated rings. The van der Waals surface area contributed by atoms with Gasteiger partial charge in [0.2, 0.25) is 0 Å². The van der Waals surface area contributed by atoms with Crippen LogP contribution in [0, 0.1) is 0 Å². The zero-order valence-electron chi connectivity index (χ0n) is 23.2. The van der Waals surface area contributed by atoms with Crippen molar-refractivity contribution in [2.45, 2.75) is 0 Å². The van der Waals surface area contributed by atoms with Gasteiger partial charge in [-0.05, 0) is 34.0 Å². The Hall–Kier alpha value is -5.38. The summed E-state index contributed by atoms with van der Waals surface area (Å²) in [6, 6.07) is 51.8. The SMILES string of the molecule is c1ccc(-c2nc3ccc4ccccc4c3nc2-c2ccc(-c3cccc4ccc5c6ccccc6sc5c34)cc2)cc1. The summed E-state index contributed by atoms with van der Waals surface area (Å²) in [5.74, 6) is 0. The van der Waals surface area contributed by atoms with Crippen molar-refractivity contribution in [3.8, 4) is 33.6 Å². The molecular weight excluding hydrogens is 541 g/mol. The summed E-state index contributed by atoms with van der Waals surface area (Å²) in [7, 11) is 0. The smallest absolute Gasteiger partial charge is 0.0973 e. The van der Waals surface area contributed by atoms with Gasteiger partial charge in [-0.1, -0.05) is 133 Å². The molecule has 43 heavy (non-hydrogen) atoms. The zero-order chi connectivity index (χ0) is 28.3. The molecule has 3 heteroatoms. The average Bonchev–Trinajstić information content (AvgIpc) is 3.47. The first kappa shape index (κ1) is 24.2. The summed E-state index contributed by atoms with van der Waals surface area (Å²) in [6.45, 7) is 0. The fourth-order valence-corrected chi connectivity index (χ4v) is 7.66. The Morgan fingerprint density at radius 3 is 1.98 bits per heavy atom. The van der Waals surface area contributed by atoms with Crippen LogP contribution in [0.1, 0.15) is 0 Å². The number of benzene rings is 7. The van der Waals surface area contributed by atoms with E-state index < -0.39 is 0 Å². The van der Waals surface area contributed by atoms with Gasteiger partial charge < -0.3 is 0 Å². The van der Waals surface area contributed by atoms with Crippen LogP contribution in [0.2, 0.25) is 0 Å². The summed E-state index contributed by atoms with van der Waals surface area (Å²) in [6.07, 6.45) is 0. The average molecular weight is 565 g/mol. The van der Waals surface area contributed by atoms with E-state index in [0.717, 1.165) is 38.9 Å². The van der Waals surface area contributed by atoms with Crippen LogP contribution in [0.3, 0.4) is 0 Å². The van der Waals surface area contributed by atoms with Gasteiger partial charge in [-0.15, -0.1) is 11.3 Å². The van der Waals surface area contributed by atoms with E-state index in [-0.39, 0.29) is 0 Å². The number of hydrogen-bond acceptors (Lipinski definition) is 3. The zero-order valence-corrected chi connectivity index (χ0v) is 24.0. The van der Waals surface area contributed by atoms with E-state index in [1.807, 2.05) is 17.4 Å². The van der Waals surface area contributed by atoms with Crippen LogP contribution in [-0.2, 0) is 0 Å². The predicted molar refractivity (Wildman–Crippen MR) is 184 cm³/mol. The van der Waals surface area contributed by atoms with Crippen LogP contribution in [-0.4, -0.2) is 9.97 Å². The molecule has 0 saturated heterocycles. The molecule has 2 aromatic heterocycles. The van der Waals surface area contributed by atoms with E-state index in [1.165, 1.54) is 47.5 Å². The van der Waals surface area contributed by atoms with Gasteiger partial charge in [-0.25, -0.2) is 9.97 Å². The van der Waals surface area contributed by atoms with Crippen LogP contribution < -0.4 is 0 Å². The molecule has 0 atom stereocenters. The minimum Gasteiger partial charge on any atom is -0.244 e. The number of aromatic nitrogens is 2. The first-order chi connectivity index (χ1) is 21.3. The molecule has 0 bridgehead atoms. The molecule has 0 amide bonds. The first-order valence-corrected chi connectivity index (χ1v) is 15.3. The normalized spacial score (nSPS) is 11.7. The molecule has 0 aliphatic rings. The molecule has 9 aromatic rings. The van der Waals surface area contributed by atoms with Crippen molar-refractivity contribution in [1.29, 1.82) is 0 Å². The van der Waals surface area contributed by atoms with E-state index >= 15 is 0 Å². The Balaban J connectivity index is 1.25. The summed E-state index contributed by atoms with van der Waals surface area (Å²) in [4.78, 5) is 10.5. The Morgan fingerprint density at radius 2 is 1.09 bits per heavy atom. The molecule has 0 N–H and O–H groups in total. The Kier molecular flexibility index (Phi) is 5.40. The van der Waals surface area contributed by atoms with Crippen molar-refractivity contribution in [3.63, 3.8) is 0 Å². The summed E-state index contributed by atoms with van der Waals surface area (Å²) >= 11 is 1.88. The summed E-state index contributed by atoms with van der Waals surface area (Å²) < 4.78 is 2.67. The van der Waals surface area contributed by atoms with Crippen LogP contribution in [0.4, 0.5) is 0 Å². The molecule has 0 saturated carbocycles. The van der Waals surface area contributed by atoms with Crippen molar-refractivity contribution in [2.24, 2.45) is 0 Å². The van der Waals surface area contributed by atoms with Crippen molar-refractivity contribution < 1.29 is 0 Å². The topological polar surface area (TPSA) is 25.8 Å². The standard InChI is InChI=1S/C40H24N2S/c1-2-10-28(11-3-1)37-38(42-39-31-13-5-4-9-25(31)22-24-34(39)41-37)29-19-17-26(18-20-29)30-15-8-12-27-21-23-33-32-14-6-7-16-35(32)43-40(33)36(27)30/h1-24H. The van der Waals surface area contributed by atoms with Gasteiger partial charge in [0, 0.05) is 42.1 Å². The molecule has 0 radical (unpaired) electrons. The Morgan fingerprint density at radius 1 is 0.419 bits per heavy atom. The maximum absolute atomic E-state index is 5.31. The van der Waals surface area contributed by atoms with E-state index in [9.17, 15) is 0 Å².